The Balaban J connectivity index is 1.87. The number of carbonyl (C=O) groups is 1. The highest BCUT2D eigenvalue weighted by atomic mass is 16.5. The third kappa shape index (κ3) is 5.06. The van der Waals surface area contributed by atoms with E-state index in [2.05, 4.69) is 15.3 Å². The minimum absolute atomic E-state index is 0.0943. The third-order valence-electron chi connectivity index (χ3n) is 4.69. The van der Waals surface area contributed by atoms with Crippen LogP contribution in [0.4, 0.5) is 0 Å². The fourth-order valence-electron chi connectivity index (χ4n) is 3.26. The van der Waals surface area contributed by atoms with Gasteiger partial charge in [-0.15, -0.1) is 0 Å². The van der Waals surface area contributed by atoms with Crippen LogP contribution in [0, 0.1) is 0 Å². The maximum Gasteiger partial charge on any atom is 0.274 e. The van der Waals surface area contributed by atoms with Gasteiger partial charge in [-0.25, -0.2) is 4.98 Å². The molecule has 1 heterocycles. The molecule has 9 nitrogen and oxygen atoms in total. The van der Waals surface area contributed by atoms with Crippen LogP contribution in [0.2, 0.25) is 0 Å². The number of benzene rings is 2. The van der Waals surface area contributed by atoms with E-state index in [1.807, 2.05) is 37.2 Å². The minimum atomic E-state index is -0.687. The minimum Gasteiger partial charge on any atom is -0.501 e. The molecule has 1 aromatic heterocycles. The van der Waals surface area contributed by atoms with Crippen molar-refractivity contribution in [1.29, 1.82) is 0 Å². The summed E-state index contributed by atoms with van der Waals surface area (Å²) in [5, 5.41) is 23.0. The molecule has 2 aromatic carbocycles. The normalized spacial score (nSPS) is 10.8. The highest BCUT2D eigenvalue weighted by Crippen LogP contribution is 2.31. The first kappa shape index (κ1) is 22.8. The Labute approximate surface area is 186 Å². The second kappa shape index (κ2) is 9.97. The molecular weight excluding hydrogens is 412 g/mol. The molecular formula is C23H26N4O5. The monoisotopic (exact) mass is 438 g/mol. The van der Waals surface area contributed by atoms with Crippen molar-refractivity contribution in [2.24, 2.45) is 0 Å². The molecule has 0 spiro atoms. The number of hydrogen-bond acceptors (Lipinski definition) is 8. The maximum absolute atomic E-state index is 12.8. The lowest BCUT2D eigenvalue weighted by atomic mass is 10.1. The van der Waals surface area contributed by atoms with Gasteiger partial charge in [0.2, 0.25) is 5.75 Å². The molecule has 0 aliphatic rings. The standard InChI is InChI=1S/C23H26N4O5/c1-27(2)13-14-7-5-8-15(11-14)21-25-18(19(28)23(30)26-21)22(29)24-12-16-9-6-10-17(31-3)20(16)32-4/h5-11,28H,12-13H2,1-4H3,(H,24,29)(H,25,26,30). The smallest absolute Gasteiger partial charge is 0.274 e. The highest BCUT2D eigenvalue weighted by molar-refractivity contribution is 5.95. The summed E-state index contributed by atoms with van der Waals surface area (Å²) in [5.41, 5.74) is 1.98. The van der Waals surface area contributed by atoms with Gasteiger partial charge in [0.05, 0.1) is 14.2 Å². The number of rotatable bonds is 8. The largest absolute Gasteiger partial charge is 0.501 e. The Hall–Kier alpha value is -3.85. The topological polar surface area (TPSA) is 117 Å². The van der Waals surface area contributed by atoms with E-state index in [1.54, 1.807) is 24.3 Å². The number of hydrogen-bond donors (Lipinski definition) is 3. The first-order valence-electron chi connectivity index (χ1n) is 9.86. The van der Waals surface area contributed by atoms with Crippen molar-refractivity contribution >= 4 is 5.91 Å². The molecule has 0 saturated heterocycles. The summed E-state index contributed by atoms with van der Waals surface area (Å²) in [5.74, 6) is -0.878. The fourth-order valence-corrected chi connectivity index (χ4v) is 3.26. The van der Waals surface area contributed by atoms with E-state index >= 15 is 0 Å². The average molecular weight is 438 g/mol. The van der Waals surface area contributed by atoms with Gasteiger partial charge in [0.25, 0.3) is 11.8 Å². The van der Waals surface area contributed by atoms with Gasteiger partial charge in [0.1, 0.15) is 0 Å². The molecule has 3 rings (SSSR count). The summed E-state index contributed by atoms with van der Waals surface area (Å²) in [6, 6.07) is 12.7. The number of aromatic nitrogens is 2. The second-order valence-corrected chi connectivity index (χ2v) is 7.34. The molecule has 168 valence electrons. The van der Waals surface area contributed by atoms with Crippen LogP contribution in [0.3, 0.4) is 0 Å². The highest BCUT2D eigenvalue weighted by Gasteiger charge is 2.21. The van der Waals surface area contributed by atoms with E-state index in [0.29, 0.717) is 29.2 Å². The van der Waals surface area contributed by atoms with Crippen molar-refractivity contribution in [3.8, 4) is 34.5 Å². The Morgan fingerprint density at radius 3 is 2.50 bits per heavy atom. The van der Waals surface area contributed by atoms with Crippen LogP contribution in [-0.4, -0.2) is 59.3 Å². The lowest BCUT2D eigenvalue weighted by Crippen LogP contribution is -2.24. The van der Waals surface area contributed by atoms with E-state index in [-0.39, 0.29) is 18.1 Å². The van der Waals surface area contributed by atoms with E-state index in [1.165, 1.54) is 14.2 Å². The van der Waals surface area contributed by atoms with E-state index in [9.17, 15) is 15.0 Å². The molecule has 0 saturated carbocycles. The van der Waals surface area contributed by atoms with Crippen LogP contribution in [-0.2, 0) is 13.1 Å². The number of amides is 1. The van der Waals surface area contributed by atoms with Gasteiger partial charge < -0.3 is 29.9 Å². The van der Waals surface area contributed by atoms with Gasteiger partial charge >= 0.3 is 0 Å². The number of carbonyl (C=O) groups excluding carboxylic acids is 1. The first-order valence-corrected chi connectivity index (χ1v) is 9.86. The van der Waals surface area contributed by atoms with Crippen molar-refractivity contribution in [2.45, 2.75) is 13.1 Å². The quantitative estimate of drug-likeness (QED) is 0.491. The van der Waals surface area contributed by atoms with E-state index < -0.39 is 17.5 Å². The zero-order valence-electron chi connectivity index (χ0n) is 18.4. The van der Waals surface area contributed by atoms with Gasteiger partial charge in [-0.3, -0.25) is 4.79 Å². The van der Waals surface area contributed by atoms with Crippen LogP contribution < -0.4 is 14.8 Å². The van der Waals surface area contributed by atoms with Crippen molar-refractivity contribution in [3.63, 3.8) is 0 Å². The van der Waals surface area contributed by atoms with Crippen LogP contribution in [0.25, 0.3) is 11.4 Å². The maximum atomic E-state index is 12.8. The molecule has 3 aromatic rings. The predicted octanol–water partition coefficient (Wildman–Crippen LogP) is 2.56. The summed E-state index contributed by atoms with van der Waals surface area (Å²) >= 11 is 0. The van der Waals surface area contributed by atoms with Gasteiger partial charge in [-0.1, -0.05) is 30.3 Å². The van der Waals surface area contributed by atoms with Crippen molar-refractivity contribution < 1.29 is 24.5 Å². The molecule has 1 amide bonds. The number of para-hydroxylation sites is 1. The predicted molar refractivity (Wildman–Crippen MR) is 119 cm³/mol. The zero-order chi connectivity index (χ0) is 23.3. The fraction of sp³-hybridized carbons (Fsp3) is 0.261. The lowest BCUT2D eigenvalue weighted by molar-refractivity contribution is 0.0941. The average Bonchev–Trinajstić information content (AvgIpc) is 2.78. The molecule has 0 radical (unpaired) electrons. The Kier molecular flexibility index (Phi) is 7.11. The van der Waals surface area contributed by atoms with Crippen LogP contribution in [0.15, 0.2) is 42.5 Å². The Morgan fingerprint density at radius 1 is 1.06 bits per heavy atom. The van der Waals surface area contributed by atoms with Gasteiger partial charge in [0.15, 0.2) is 23.0 Å². The van der Waals surface area contributed by atoms with Crippen molar-refractivity contribution in [1.82, 2.24) is 20.2 Å². The Morgan fingerprint density at radius 2 is 1.81 bits per heavy atom. The van der Waals surface area contributed by atoms with Gasteiger partial charge in [-0.2, -0.15) is 4.98 Å². The van der Waals surface area contributed by atoms with Gasteiger partial charge in [0, 0.05) is 24.2 Å². The number of aromatic hydroxyl groups is 2. The summed E-state index contributed by atoms with van der Waals surface area (Å²) in [6.07, 6.45) is 0. The molecule has 9 heteroatoms. The van der Waals surface area contributed by atoms with Crippen molar-refractivity contribution in [2.75, 3.05) is 28.3 Å². The second-order valence-electron chi connectivity index (χ2n) is 7.34. The van der Waals surface area contributed by atoms with Gasteiger partial charge in [-0.05, 0) is 31.8 Å². The Bertz CT molecular complexity index is 1120. The number of nitrogens with zero attached hydrogens (tertiary/aromatic N) is 3. The molecule has 0 bridgehead atoms. The van der Waals surface area contributed by atoms with E-state index in [4.69, 9.17) is 9.47 Å². The molecule has 0 aliphatic heterocycles. The molecule has 0 unspecified atom stereocenters. The molecule has 3 N–H and O–H groups in total. The zero-order valence-corrected chi connectivity index (χ0v) is 18.4. The molecule has 0 aliphatic carbocycles. The molecule has 0 fully saturated rings. The van der Waals surface area contributed by atoms with Crippen molar-refractivity contribution in [3.05, 3.63) is 59.3 Å². The summed E-state index contributed by atoms with van der Waals surface area (Å²) in [7, 11) is 6.94. The molecule has 32 heavy (non-hydrogen) atoms. The number of methoxy groups -OCH3 is 2. The SMILES string of the molecule is COc1cccc(CNC(=O)c2nc(-c3cccc(CN(C)C)c3)nc(O)c2O)c1OC. The lowest BCUT2D eigenvalue weighted by Gasteiger charge is -2.14. The van der Waals surface area contributed by atoms with Crippen LogP contribution >= 0.6 is 0 Å². The van der Waals surface area contributed by atoms with Crippen LogP contribution in [0.1, 0.15) is 21.6 Å². The number of nitrogens with one attached hydrogen (secondary N) is 1. The third-order valence-corrected chi connectivity index (χ3v) is 4.69. The summed E-state index contributed by atoms with van der Waals surface area (Å²) < 4.78 is 10.6. The van der Waals surface area contributed by atoms with E-state index in [0.717, 1.165) is 5.56 Å². The number of ether oxygens (including phenoxy) is 2. The summed E-state index contributed by atoms with van der Waals surface area (Å²) in [4.78, 5) is 23.0. The first-order chi connectivity index (χ1) is 15.3. The van der Waals surface area contributed by atoms with Crippen LogP contribution in [0.5, 0.6) is 23.1 Å². The summed E-state index contributed by atoms with van der Waals surface area (Å²) in [6.45, 7) is 0.796. The molecule has 0 atom stereocenters.